The van der Waals surface area contributed by atoms with E-state index in [9.17, 15) is 14.4 Å². The molecule has 7 heteroatoms. The SMILES string of the molecule is CCCCCCCCCCCCOC(=O)C(C)OC(=O)c1ccc(Cl)c(NC(C)=O)c1. The Labute approximate surface area is 191 Å². The van der Waals surface area contributed by atoms with Crippen molar-refractivity contribution >= 4 is 35.1 Å². The predicted molar refractivity (Wildman–Crippen MR) is 123 cm³/mol. The van der Waals surface area contributed by atoms with Crippen LogP contribution in [0.4, 0.5) is 5.69 Å². The van der Waals surface area contributed by atoms with Crippen molar-refractivity contribution in [2.24, 2.45) is 0 Å². The van der Waals surface area contributed by atoms with E-state index in [1.807, 2.05) is 0 Å². The third-order valence-corrected chi connectivity index (χ3v) is 5.20. The monoisotopic (exact) mass is 453 g/mol. The summed E-state index contributed by atoms with van der Waals surface area (Å²) in [6.45, 7) is 5.37. The average molecular weight is 454 g/mol. The number of hydrogen-bond acceptors (Lipinski definition) is 5. The van der Waals surface area contributed by atoms with E-state index < -0.39 is 18.0 Å². The second-order valence-electron chi connectivity index (χ2n) is 7.77. The lowest BCUT2D eigenvalue weighted by Gasteiger charge is -2.13. The van der Waals surface area contributed by atoms with Crippen molar-refractivity contribution in [3.8, 4) is 0 Å². The van der Waals surface area contributed by atoms with Crippen LogP contribution in [-0.2, 0) is 19.1 Å². The highest BCUT2D eigenvalue weighted by Crippen LogP contribution is 2.23. The molecule has 0 aliphatic heterocycles. The van der Waals surface area contributed by atoms with Crippen molar-refractivity contribution in [2.75, 3.05) is 11.9 Å². The van der Waals surface area contributed by atoms with Gasteiger partial charge in [0.1, 0.15) is 0 Å². The quantitative estimate of drug-likeness (QED) is 0.248. The molecule has 0 saturated carbocycles. The number of nitrogens with one attached hydrogen (secondary N) is 1. The number of benzene rings is 1. The lowest BCUT2D eigenvalue weighted by molar-refractivity contribution is -0.153. The molecule has 1 aromatic carbocycles. The minimum absolute atomic E-state index is 0.183. The van der Waals surface area contributed by atoms with Crippen LogP contribution in [0.15, 0.2) is 18.2 Å². The Bertz CT molecular complexity index is 707. The fourth-order valence-electron chi connectivity index (χ4n) is 3.09. The number of unbranched alkanes of at least 4 members (excludes halogenated alkanes) is 9. The molecule has 0 fully saturated rings. The van der Waals surface area contributed by atoms with Gasteiger partial charge in [0.2, 0.25) is 5.91 Å². The number of amides is 1. The summed E-state index contributed by atoms with van der Waals surface area (Å²) in [4.78, 5) is 35.6. The van der Waals surface area contributed by atoms with E-state index >= 15 is 0 Å². The lowest BCUT2D eigenvalue weighted by atomic mass is 10.1. The van der Waals surface area contributed by atoms with Gasteiger partial charge in [-0.2, -0.15) is 0 Å². The van der Waals surface area contributed by atoms with Gasteiger partial charge < -0.3 is 14.8 Å². The predicted octanol–water partition coefficient (Wildman–Crippen LogP) is 6.31. The Balaban J connectivity index is 2.24. The van der Waals surface area contributed by atoms with Gasteiger partial charge in [-0.25, -0.2) is 9.59 Å². The number of anilines is 1. The van der Waals surface area contributed by atoms with Gasteiger partial charge in [-0.15, -0.1) is 0 Å². The largest absolute Gasteiger partial charge is 0.463 e. The van der Waals surface area contributed by atoms with E-state index in [-0.39, 0.29) is 11.5 Å². The first-order valence-electron chi connectivity index (χ1n) is 11.3. The standard InChI is InChI=1S/C24H36ClNO5/c1-4-5-6-7-8-9-10-11-12-13-16-30-23(28)18(2)31-24(29)20-14-15-21(25)22(17-20)26-19(3)27/h14-15,17-18H,4-13,16H2,1-3H3,(H,26,27). The fourth-order valence-corrected chi connectivity index (χ4v) is 3.26. The molecular weight excluding hydrogens is 418 g/mol. The molecule has 0 radical (unpaired) electrons. The van der Waals surface area contributed by atoms with Crippen LogP contribution in [0.25, 0.3) is 0 Å². The lowest BCUT2D eigenvalue weighted by Crippen LogP contribution is -2.26. The molecule has 31 heavy (non-hydrogen) atoms. The van der Waals surface area contributed by atoms with Gasteiger partial charge in [-0.1, -0.05) is 76.3 Å². The summed E-state index contributed by atoms with van der Waals surface area (Å²) >= 11 is 6.00. The van der Waals surface area contributed by atoms with Crippen molar-refractivity contribution in [2.45, 2.75) is 91.1 Å². The molecule has 0 heterocycles. The summed E-state index contributed by atoms with van der Waals surface area (Å²) in [5.41, 5.74) is 0.488. The van der Waals surface area contributed by atoms with Crippen LogP contribution in [-0.4, -0.2) is 30.6 Å². The highest BCUT2D eigenvalue weighted by molar-refractivity contribution is 6.33. The second kappa shape index (κ2) is 15.7. The summed E-state index contributed by atoms with van der Waals surface area (Å²) in [6.07, 6.45) is 11.0. The first-order valence-corrected chi connectivity index (χ1v) is 11.7. The van der Waals surface area contributed by atoms with Crippen LogP contribution in [0.3, 0.4) is 0 Å². The first-order chi connectivity index (χ1) is 14.8. The zero-order chi connectivity index (χ0) is 23.1. The van der Waals surface area contributed by atoms with Crippen LogP contribution in [0, 0.1) is 0 Å². The summed E-state index contributed by atoms with van der Waals surface area (Å²) in [7, 11) is 0. The van der Waals surface area contributed by atoms with Gasteiger partial charge in [-0.3, -0.25) is 4.79 Å². The minimum atomic E-state index is -1.02. The van der Waals surface area contributed by atoms with Crippen LogP contribution >= 0.6 is 11.6 Å². The highest BCUT2D eigenvalue weighted by atomic mass is 35.5. The van der Waals surface area contributed by atoms with Crippen LogP contribution in [0.2, 0.25) is 5.02 Å². The van der Waals surface area contributed by atoms with E-state index in [1.165, 1.54) is 77.0 Å². The topological polar surface area (TPSA) is 81.7 Å². The molecule has 0 aliphatic carbocycles. The Morgan fingerprint density at radius 2 is 1.55 bits per heavy atom. The molecule has 1 unspecified atom stereocenters. The molecular formula is C24H36ClNO5. The van der Waals surface area contributed by atoms with Crippen molar-refractivity contribution in [1.82, 2.24) is 0 Å². The Kier molecular flexibility index (Phi) is 13.6. The molecule has 1 amide bonds. The molecule has 174 valence electrons. The summed E-state index contributed by atoms with van der Waals surface area (Å²) in [5, 5.41) is 2.84. The van der Waals surface area contributed by atoms with E-state index in [2.05, 4.69) is 12.2 Å². The summed E-state index contributed by atoms with van der Waals surface area (Å²) < 4.78 is 10.4. The number of carbonyl (C=O) groups is 3. The van der Waals surface area contributed by atoms with Gasteiger partial charge in [-0.05, 0) is 31.5 Å². The zero-order valence-corrected chi connectivity index (χ0v) is 19.8. The highest BCUT2D eigenvalue weighted by Gasteiger charge is 2.21. The van der Waals surface area contributed by atoms with Gasteiger partial charge in [0.25, 0.3) is 0 Å². The molecule has 1 aromatic rings. The van der Waals surface area contributed by atoms with Crippen molar-refractivity contribution in [3.05, 3.63) is 28.8 Å². The van der Waals surface area contributed by atoms with E-state index in [1.54, 1.807) is 0 Å². The maximum Gasteiger partial charge on any atom is 0.347 e. The number of rotatable bonds is 15. The molecule has 0 bridgehead atoms. The molecule has 0 aliphatic rings. The van der Waals surface area contributed by atoms with Crippen molar-refractivity contribution < 1.29 is 23.9 Å². The molecule has 1 N–H and O–H groups in total. The Morgan fingerprint density at radius 3 is 2.13 bits per heavy atom. The van der Waals surface area contributed by atoms with E-state index in [0.717, 1.165) is 19.3 Å². The van der Waals surface area contributed by atoms with Crippen LogP contribution in [0.5, 0.6) is 0 Å². The fraction of sp³-hybridized carbons (Fsp3) is 0.625. The molecule has 0 spiro atoms. The van der Waals surface area contributed by atoms with Crippen LogP contribution in [0.1, 0.15) is 95.3 Å². The Hall–Kier alpha value is -2.08. The minimum Gasteiger partial charge on any atom is -0.463 e. The zero-order valence-electron chi connectivity index (χ0n) is 19.0. The van der Waals surface area contributed by atoms with Crippen molar-refractivity contribution in [3.63, 3.8) is 0 Å². The Morgan fingerprint density at radius 1 is 0.968 bits per heavy atom. The van der Waals surface area contributed by atoms with Gasteiger partial charge in [0.15, 0.2) is 6.10 Å². The number of carbonyl (C=O) groups excluding carboxylic acids is 3. The average Bonchev–Trinajstić information content (AvgIpc) is 2.72. The van der Waals surface area contributed by atoms with Gasteiger partial charge >= 0.3 is 11.9 Å². The molecule has 1 atom stereocenters. The van der Waals surface area contributed by atoms with Crippen molar-refractivity contribution in [1.29, 1.82) is 0 Å². The van der Waals surface area contributed by atoms with Gasteiger partial charge in [0, 0.05) is 6.92 Å². The smallest absolute Gasteiger partial charge is 0.347 e. The molecule has 1 rings (SSSR count). The number of ether oxygens (including phenoxy) is 2. The molecule has 6 nitrogen and oxygen atoms in total. The number of hydrogen-bond donors (Lipinski definition) is 1. The second-order valence-corrected chi connectivity index (χ2v) is 8.18. The third-order valence-electron chi connectivity index (χ3n) is 4.87. The summed E-state index contributed by atoms with van der Waals surface area (Å²) in [5.74, 6) is -1.57. The molecule has 0 saturated heterocycles. The maximum absolute atomic E-state index is 12.3. The first kappa shape index (κ1) is 27.0. The third kappa shape index (κ3) is 11.8. The number of esters is 2. The normalized spacial score (nSPS) is 11.6. The van der Waals surface area contributed by atoms with E-state index in [4.69, 9.17) is 21.1 Å². The van der Waals surface area contributed by atoms with E-state index in [0.29, 0.717) is 17.3 Å². The number of halogens is 1. The van der Waals surface area contributed by atoms with Crippen LogP contribution < -0.4 is 5.32 Å². The molecule has 0 aromatic heterocycles. The maximum atomic E-state index is 12.3. The van der Waals surface area contributed by atoms with Gasteiger partial charge in [0.05, 0.1) is 22.9 Å². The summed E-state index contributed by atoms with van der Waals surface area (Å²) in [6, 6.07) is 4.36.